The van der Waals surface area contributed by atoms with Gasteiger partial charge in [-0.05, 0) is 17.7 Å². The smallest absolute Gasteiger partial charge is 0.228 e. The normalized spacial score (nSPS) is 14.4. The van der Waals surface area contributed by atoms with Crippen LogP contribution in [0.2, 0.25) is 0 Å². The van der Waals surface area contributed by atoms with E-state index in [1.807, 2.05) is 30.4 Å². The van der Waals surface area contributed by atoms with E-state index in [-0.39, 0.29) is 5.91 Å². The molecule has 2 heterocycles. The van der Waals surface area contributed by atoms with E-state index >= 15 is 0 Å². The van der Waals surface area contributed by atoms with E-state index in [0.717, 1.165) is 33.1 Å². The summed E-state index contributed by atoms with van der Waals surface area (Å²) in [5, 5.41) is 5.26. The second-order valence-electron chi connectivity index (χ2n) is 4.78. The highest BCUT2D eigenvalue weighted by Gasteiger charge is 2.15. The number of hydrogen-bond acceptors (Lipinski definition) is 1. The SMILES string of the molecule is O=C1CC=Cc2ccc3[nH]c4ccccc4c3c2N1. The number of anilines is 1. The van der Waals surface area contributed by atoms with E-state index in [1.165, 1.54) is 0 Å². The Morgan fingerprint density at radius 3 is 2.84 bits per heavy atom. The summed E-state index contributed by atoms with van der Waals surface area (Å²) in [5.41, 5.74) is 4.11. The molecule has 19 heavy (non-hydrogen) atoms. The van der Waals surface area contributed by atoms with E-state index in [2.05, 4.69) is 28.5 Å². The minimum atomic E-state index is 0.0350. The lowest BCUT2D eigenvalue weighted by Crippen LogP contribution is -2.09. The molecule has 1 aromatic heterocycles. The van der Waals surface area contributed by atoms with Gasteiger partial charge in [0.15, 0.2) is 0 Å². The predicted octanol–water partition coefficient (Wildman–Crippen LogP) is 3.68. The van der Waals surface area contributed by atoms with E-state index in [0.29, 0.717) is 6.42 Å². The van der Waals surface area contributed by atoms with Crippen molar-refractivity contribution in [3.8, 4) is 0 Å². The van der Waals surface area contributed by atoms with Gasteiger partial charge >= 0.3 is 0 Å². The zero-order valence-electron chi connectivity index (χ0n) is 10.2. The molecule has 1 aliphatic rings. The Morgan fingerprint density at radius 1 is 1.00 bits per heavy atom. The molecule has 3 heteroatoms. The maximum Gasteiger partial charge on any atom is 0.228 e. The second-order valence-corrected chi connectivity index (χ2v) is 4.78. The highest BCUT2D eigenvalue weighted by atomic mass is 16.1. The molecule has 2 aromatic carbocycles. The third-order valence-corrected chi connectivity index (χ3v) is 3.57. The van der Waals surface area contributed by atoms with Gasteiger partial charge < -0.3 is 10.3 Å². The van der Waals surface area contributed by atoms with Gasteiger partial charge in [-0.1, -0.05) is 36.4 Å². The van der Waals surface area contributed by atoms with Gasteiger partial charge in [0.1, 0.15) is 0 Å². The number of benzene rings is 2. The minimum Gasteiger partial charge on any atom is -0.354 e. The van der Waals surface area contributed by atoms with Gasteiger partial charge in [0, 0.05) is 28.2 Å². The average Bonchev–Trinajstić information content (AvgIpc) is 2.69. The Labute approximate surface area is 109 Å². The van der Waals surface area contributed by atoms with E-state index < -0.39 is 0 Å². The summed E-state index contributed by atoms with van der Waals surface area (Å²) in [7, 11) is 0. The van der Waals surface area contributed by atoms with Crippen molar-refractivity contribution in [1.29, 1.82) is 0 Å². The highest BCUT2D eigenvalue weighted by molar-refractivity contribution is 6.17. The number of rotatable bonds is 0. The lowest BCUT2D eigenvalue weighted by molar-refractivity contribution is -0.115. The van der Waals surface area contributed by atoms with Crippen LogP contribution in [-0.4, -0.2) is 10.9 Å². The van der Waals surface area contributed by atoms with E-state index in [1.54, 1.807) is 0 Å². The number of fused-ring (bicyclic) bond motifs is 5. The topological polar surface area (TPSA) is 44.9 Å². The molecule has 1 amide bonds. The Morgan fingerprint density at radius 2 is 1.89 bits per heavy atom. The Hall–Kier alpha value is -2.55. The molecular weight excluding hydrogens is 236 g/mol. The fourth-order valence-corrected chi connectivity index (χ4v) is 2.71. The molecule has 0 saturated carbocycles. The summed E-state index contributed by atoms with van der Waals surface area (Å²) >= 11 is 0. The molecule has 0 radical (unpaired) electrons. The van der Waals surface area contributed by atoms with Gasteiger partial charge in [0.2, 0.25) is 5.91 Å². The third-order valence-electron chi connectivity index (χ3n) is 3.57. The maximum absolute atomic E-state index is 11.8. The van der Waals surface area contributed by atoms with E-state index in [9.17, 15) is 4.79 Å². The summed E-state index contributed by atoms with van der Waals surface area (Å²) in [6.07, 6.45) is 4.34. The summed E-state index contributed by atoms with van der Waals surface area (Å²) in [6.45, 7) is 0. The molecule has 0 unspecified atom stereocenters. The number of carbonyl (C=O) groups is 1. The van der Waals surface area contributed by atoms with Crippen LogP contribution in [0.4, 0.5) is 5.69 Å². The summed E-state index contributed by atoms with van der Waals surface area (Å²) < 4.78 is 0. The van der Waals surface area contributed by atoms with Gasteiger partial charge in [-0.15, -0.1) is 0 Å². The fourth-order valence-electron chi connectivity index (χ4n) is 2.71. The van der Waals surface area contributed by atoms with Gasteiger partial charge in [0.25, 0.3) is 0 Å². The van der Waals surface area contributed by atoms with Crippen molar-refractivity contribution in [2.75, 3.05) is 5.32 Å². The van der Waals surface area contributed by atoms with Crippen LogP contribution in [0.25, 0.3) is 27.9 Å². The van der Waals surface area contributed by atoms with Crippen LogP contribution in [0.3, 0.4) is 0 Å². The quantitative estimate of drug-likeness (QED) is 0.626. The van der Waals surface area contributed by atoms with Crippen molar-refractivity contribution >= 4 is 39.5 Å². The van der Waals surface area contributed by atoms with Gasteiger partial charge in [-0.3, -0.25) is 4.79 Å². The predicted molar refractivity (Wildman–Crippen MR) is 78.1 cm³/mol. The van der Waals surface area contributed by atoms with Crippen molar-refractivity contribution in [2.24, 2.45) is 0 Å². The van der Waals surface area contributed by atoms with Gasteiger partial charge in [-0.25, -0.2) is 0 Å². The molecule has 0 fully saturated rings. The highest BCUT2D eigenvalue weighted by Crippen LogP contribution is 2.35. The number of hydrogen-bond donors (Lipinski definition) is 2. The summed E-state index contributed by atoms with van der Waals surface area (Å²) in [5.74, 6) is 0.0350. The fraction of sp³-hybridized carbons (Fsp3) is 0.0625. The Kier molecular flexibility index (Phi) is 2.03. The van der Waals surface area contributed by atoms with Crippen LogP contribution in [0, 0.1) is 0 Å². The first-order valence-electron chi connectivity index (χ1n) is 6.33. The van der Waals surface area contributed by atoms with Crippen LogP contribution in [0.5, 0.6) is 0 Å². The average molecular weight is 248 g/mol. The van der Waals surface area contributed by atoms with Crippen LogP contribution < -0.4 is 5.32 Å². The van der Waals surface area contributed by atoms with Crippen molar-refractivity contribution < 1.29 is 4.79 Å². The summed E-state index contributed by atoms with van der Waals surface area (Å²) in [6, 6.07) is 12.3. The van der Waals surface area contributed by atoms with Crippen molar-refractivity contribution in [3.63, 3.8) is 0 Å². The first kappa shape index (κ1) is 10.4. The molecule has 0 spiro atoms. The van der Waals surface area contributed by atoms with Gasteiger partial charge in [-0.2, -0.15) is 0 Å². The van der Waals surface area contributed by atoms with Crippen LogP contribution in [0.1, 0.15) is 12.0 Å². The van der Waals surface area contributed by atoms with Crippen molar-refractivity contribution in [2.45, 2.75) is 6.42 Å². The van der Waals surface area contributed by atoms with Crippen molar-refractivity contribution in [1.82, 2.24) is 4.98 Å². The molecule has 0 atom stereocenters. The lowest BCUT2D eigenvalue weighted by Gasteiger charge is -2.07. The second kappa shape index (κ2) is 3.72. The first-order chi connectivity index (χ1) is 9.33. The monoisotopic (exact) mass is 248 g/mol. The van der Waals surface area contributed by atoms with Crippen LogP contribution in [0.15, 0.2) is 42.5 Å². The Balaban J connectivity index is 2.17. The van der Waals surface area contributed by atoms with Crippen LogP contribution in [-0.2, 0) is 4.79 Å². The third kappa shape index (κ3) is 1.48. The lowest BCUT2D eigenvalue weighted by atomic mass is 10.1. The van der Waals surface area contributed by atoms with E-state index in [4.69, 9.17) is 0 Å². The molecular formula is C16H12N2O. The molecule has 0 bridgehead atoms. The maximum atomic E-state index is 11.8. The molecule has 3 nitrogen and oxygen atoms in total. The number of amides is 1. The number of H-pyrrole nitrogens is 1. The van der Waals surface area contributed by atoms with Gasteiger partial charge in [0.05, 0.1) is 5.69 Å². The standard InChI is InChI=1S/C16H12N2O/c19-14-7-3-4-10-8-9-13-15(16(10)18-14)11-5-1-2-6-12(11)17-13/h1-6,8-9,17H,7H2,(H,18,19). The Bertz CT molecular complexity index is 842. The summed E-state index contributed by atoms with van der Waals surface area (Å²) in [4.78, 5) is 15.2. The number of para-hydroxylation sites is 1. The minimum absolute atomic E-state index is 0.0350. The molecule has 4 rings (SSSR count). The largest absolute Gasteiger partial charge is 0.354 e. The number of nitrogens with one attached hydrogen (secondary N) is 2. The molecule has 0 aliphatic carbocycles. The molecule has 2 N–H and O–H groups in total. The molecule has 0 saturated heterocycles. The molecule has 92 valence electrons. The number of aromatic nitrogens is 1. The first-order valence-corrected chi connectivity index (χ1v) is 6.33. The zero-order valence-corrected chi connectivity index (χ0v) is 10.2. The number of aromatic amines is 1. The van der Waals surface area contributed by atoms with Crippen LogP contribution >= 0.6 is 0 Å². The van der Waals surface area contributed by atoms with Crippen molar-refractivity contribution in [3.05, 3.63) is 48.0 Å². The molecule has 3 aromatic rings. The number of carbonyl (C=O) groups excluding carboxylic acids is 1. The molecule has 1 aliphatic heterocycles. The zero-order chi connectivity index (χ0) is 12.8.